The fourth-order valence-electron chi connectivity index (χ4n) is 3.35. The zero-order valence-corrected chi connectivity index (χ0v) is 14.6. The summed E-state index contributed by atoms with van der Waals surface area (Å²) in [5.74, 6) is 1.80. The molecule has 0 aliphatic heterocycles. The van der Waals surface area contributed by atoms with Crippen molar-refractivity contribution in [2.75, 3.05) is 0 Å². The number of rotatable bonds is 3. The van der Waals surface area contributed by atoms with E-state index in [1.54, 1.807) is 18.6 Å². The summed E-state index contributed by atoms with van der Waals surface area (Å²) in [6.07, 6.45) is 7.14. The van der Waals surface area contributed by atoms with Crippen LogP contribution >= 0.6 is 0 Å². The van der Waals surface area contributed by atoms with Crippen LogP contribution in [0.5, 0.6) is 0 Å². The Labute approximate surface area is 141 Å². The molecule has 0 radical (unpaired) electrons. The number of amides is 1. The Hall–Kier alpha value is -2.24. The van der Waals surface area contributed by atoms with Crippen LogP contribution in [0.25, 0.3) is 5.82 Å². The maximum Gasteiger partial charge on any atom is 0.272 e. The number of fused-ring (bicyclic) bond motifs is 3. The second-order valence-electron chi connectivity index (χ2n) is 8.06. The first-order valence-electron chi connectivity index (χ1n) is 8.55. The standard InChI is InChI=1S/C18H23N5O/c1-10(18(2,3)4)21-17(24)15-13-8-11-7-12(11)16(13)23(22-15)14-9-19-5-6-20-14/h5-6,9-12H,7-8H2,1-4H3,(H,21,24)/t10-,11-,12-/m1/s1. The third-order valence-corrected chi connectivity index (χ3v) is 5.39. The topological polar surface area (TPSA) is 72.7 Å². The summed E-state index contributed by atoms with van der Waals surface area (Å²) in [6.45, 7) is 8.40. The van der Waals surface area contributed by atoms with Gasteiger partial charge in [0, 0.05) is 29.9 Å². The number of nitrogens with zero attached hydrogens (tertiary/aromatic N) is 4. The molecule has 0 aromatic carbocycles. The van der Waals surface area contributed by atoms with Crippen LogP contribution in [0.3, 0.4) is 0 Å². The molecule has 2 aromatic rings. The maximum atomic E-state index is 12.8. The van der Waals surface area contributed by atoms with Crippen molar-refractivity contribution in [3.8, 4) is 5.82 Å². The summed E-state index contributed by atoms with van der Waals surface area (Å²) in [5.41, 5.74) is 2.82. The zero-order valence-electron chi connectivity index (χ0n) is 14.6. The normalized spacial score (nSPS) is 22.7. The van der Waals surface area contributed by atoms with Crippen LogP contribution in [-0.4, -0.2) is 31.7 Å². The molecule has 1 amide bonds. The molecular formula is C18H23N5O. The van der Waals surface area contributed by atoms with Crippen molar-refractivity contribution in [1.82, 2.24) is 25.1 Å². The van der Waals surface area contributed by atoms with E-state index in [9.17, 15) is 4.79 Å². The molecule has 24 heavy (non-hydrogen) atoms. The average molecular weight is 325 g/mol. The second kappa shape index (κ2) is 5.13. The predicted octanol–water partition coefficient (Wildman–Crippen LogP) is 2.49. The summed E-state index contributed by atoms with van der Waals surface area (Å²) in [7, 11) is 0. The lowest BCUT2D eigenvalue weighted by molar-refractivity contribution is 0.0903. The van der Waals surface area contributed by atoms with Gasteiger partial charge in [-0.25, -0.2) is 9.67 Å². The number of hydrogen-bond acceptors (Lipinski definition) is 4. The average Bonchev–Trinajstić information content (AvgIpc) is 3.03. The molecule has 126 valence electrons. The molecular weight excluding hydrogens is 302 g/mol. The molecule has 4 rings (SSSR count). The van der Waals surface area contributed by atoms with Gasteiger partial charge in [-0.05, 0) is 31.1 Å². The van der Waals surface area contributed by atoms with Crippen LogP contribution in [-0.2, 0) is 6.42 Å². The molecule has 1 N–H and O–H groups in total. The van der Waals surface area contributed by atoms with Gasteiger partial charge in [-0.1, -0.05) is 20.8 Å². The highest BCUT2D eigenvalue weighted by atomic mass is 16.2. The molecule has 0 spiro atoms. The molecule has 1 saturated carbocycles. The quantitative estimate of drug-likeness (QED) is 0.941. The number of carbonyl (C=O) groups excluding carboxylic acids is 1. The Kier molecular flexibility index (Phi) is 3.27. The summed E-state index contributed by atoms with van der Waals surface area (Å²) < 4.78 is 1.83. The van der Waals surface area contributed by atoms with Gasteiger partial charge >= 0.3 is 0 Å². The van der Waals surface area contributed by atoms with Gasteiger partial charge in [-0.2, -0.15) is 5.10 Å². The fraction of sp³-hybridized carbons (Fsp3) is 0.556. The van der Waals surface area contributed by atoms with Crippen molar-refractivity contribution in [2.24, 2.45) is 11.3 Å². The molecule has 0 saturated heterocycles. The predicted molar refractivity (Wildman–Crippen MR) is 90.1 cm³/mol. The Bertz CT molecular complexity index is 790. The van der Waals surface area contributed by atoms with E-state index < -0.39 is 0 Å². The van der Waals surface area contributed by atoms with Crippen LogP contribution < -0.4 is 5.32 Å². The van der Waals surface area contributed by atoms with Crippen molar-refractivity contribution in [3.05, 3.63) is 35.5 Å². The van der Waals surface area contributed by atoms with Crippen molar-refractivity contribution >= 4 is 5.91 Å². The van der Waals surface area contributed by atoms with Crippen LogP contribution in [0.4, 0.5) is 0 Å². The van der Waals surface area contributed by atoms with Crippen molar-refractivity contribution in [2.45, 2.75) is 52.5 Å². The molecule has 2 heterocycles. The van der Waals surface area contributed by atoms with Gasteiger partial charge in [0.2, 0.25) is 0 Å². The molecule has 3 atom stereocenters. The van der Waals surface area contributed by atoms with E-state index in [4.69, 9.17) is 0 Å². The number of carbonyl (C=O) groups is 1. The van der Waals surface area contributed by atoms with E-state index in [1.807, 2.05) is 11.6 Å². The van der Waals surface area contributed by atoms with E-state index in [2.05, 4.69) is 41.2 Å². The third kappa shape index (κ3) is 2.41. The summed E-state index contributed by atoms with van der Waals surface area (Å²) in [5, 5.41) is 7.73. The highest BCUT2D eigenvalue weighted by Crippen LogP contribution is 2.57. The molecule has 2 aromatic heterocycles. The molecule has 6 nitrogen and oxygen atoms in total. The fourth-order valence-corrected chi connectivity index (χ4v) is 3.35. The monoisotopic (exact) mass is 325 g/mol. The van der Waals surface area contributed by atoms with Gasteiger partial charge in [0.05, 0.1) is 11.9 Å². The minimum Gasteiger partial charge on any atom is -0.348 e. The lowest BCUT2D eigenvalue weighted by atomic mass is 9.88. The lowest BCUT2D eigenvalue weighted by Crippen LogP contribution is -2.41. The van der Waals surface area contributed by atoms with Crippen LogP contribution in [0.15, 0.2) is 18.6 Å². The Morgan fingerprint density at radius 1 is 1.38 bits per heavy atom. The van der Waals surface area contributed by atoms with Crippen LogP contribution in [0.1, 0.15) is 61.8 Å². The molecule has 2 aliphatic rings. The van der Waals surface area contributed by atoms with Gasteiger partial charge in [-0.15, -0.1) is 0 Å². The lowest BCUT2D eigenvalue weighted by Gasteiger charge is -2.27. The Balaban J connectivity index is 1.70. The van der Waals surface area contributed by atoms with Crippen LogP contribution in [0, 0.1) is 11.3 Å². The molecule has 6 heteroatoms. The highest BCUT2D eigenvalue weighted by Gasteiger charge is 2.50. The van der Waals surface area contributed by atoms with Gasteiger partial charge in [-0.3, -0.25) is 9.78 Å². The smallest absolute Gasteiger partial charge is 0.272 e. The number of hydrogen-bond donors (Lipinski definition) is 1. The number of aromatic nitrogens is 4. The Morgan fingerprint density at radius 3 is 2.83 bits per heavy atom. The third-order valence-electron chi connectivity index (χ3n) is 5.39. The van der Waals surface area contributed by atoms with E-state index >= 15 is 0 Å². The minimum atomic E-state index is -0.0855. The van der Waals surface area contributed by atoms with Gasteiger partial charge in [0.1, 0.15) is 0 Å². The zero-order chi connectivity index (χ0) is 17.1. The van der Waals surface area contributed by atoms with Crippen molar-refractivity contribution in [3.63, 3.8) is 0 Å². The van der Waals surface area contributed by atoms with Crippen molar-refractivity contribution < 1.29 is 4.79 Å². The highest BCUT2D eigenvalue weighted by molar-refractivity contribution is 5.94. The Morgan fingerprint density at radius 2 is 2.17 bits per heavy atom. The summed E-state index contributed by atoms with van der Waals surface area (Å²) in [6, 6.07) is 0.0678. The molecule has 0 bridgehead atoms. The van der Waals surface area contributed by atoms with E-state index in [0.717, 1.165) is 17.7 Å². The summed E-state index contributed by atoms with van der Waals surface area (Å²) in [4.78, 5) is 21.3. The van der Waals surface area contributed by atoms with Gasteiger partial charge in [0.25, 0.3) is 5.91 Å². The maximum absolute atomic E-state index is 12.8. The molecule has 1 fully saturated rings. The van der Waals surface area contributed by atoms with Gasteiger partial charge < -0.3 is 5.32 Å². The molecule has 0 unspecified atom stereocenters. The van der Waals surface area contributed by atoms with E-state index in [1.165, 1.54) is 6.42 Å². The SMILES string of the molecule is C[C@@H](NC(=O)c1nn(-c2cnccn2)c2c1C[C@H]1C[C@@H]21)C(C)(C)C. The first-order chi connectivity index (χ1) is 11.4. The number of nitrogens with one attached hydrogen (secondary N) is 1. The van der Waals surface area contributed by atoms with Crippen LogP contribution in [0.2, 0.25) is 0 Å². The molecule has 2 aliphatic carbocycles. The van der Waals surface area contributed by atoms with E-state index in [0.29, 0.717) is 23.3 Å². The minimum absolute atomic E-state index is 0.00838. The largest absolute Gasteiger partial charge is 0.348 e. The van der Waals surface area contributed by atoms with E-state index in [-0.39, 0.29) is 17.4 Å². The first-order valence-corrected chi connectivity index (χ1v) is 8.55. The second-order valence-corrected chi connectivity index (χ2v) is 8.06. The van der Waals surface area contributed by atoms with Gasteiger partial charge in [0.15, 0.2) is 11.5 Å². The summed E-state index contributed by atoms with van der Waals surface area (Å²) >= 11 is 0. The first kappa shape index (κ1) is 15.3. The van der Waals surface area contributed by atoms with Crippen molar-refractivity contribution in [1.29, 1.82) is 0 Å².